The lowest BCUT2D eigenvalue weighted by molar-refractivity contribution is 0.289. The summed E-state index contributed by atoms with van der Waals surface area (Å²) in [7, 11) is 0. The third-order valence-electron chi connectivity index (χ3n) is 1.95. The van der Waals surface area contributed by atoms with E-state index < -0.39 is 0 Å². The van der Waals surface area contributed by atoms with Gasteiger partial charge in [-0.1, -0.05) is 27.7 Å². The van der Waals surface area contributed by atoms with E-state index in [1.807, 2.05) is 26.0 Å². The van der Waals surface area contributed by atoms with Gasteiger partial charge in [0.2, 0.25) is 0 Å². The van der Waals surface area contributed by atoms with Gasteiger partial charge >= 0.3 is 0 Å². The molecule has 0 aliphatic rings. The van der Waals surface area contributed by atoms with Gasteiger partial charge in [-0.2, -0.15) is 5.26 Å². The number of rotatable bonds is 4. The van der Waals surface area contributed by atoms with Crippen molar-refractivity contribution >= 4 is 0 Å². The van der Waals surface area contributed by atoms with E-state index in [9.17, 15) is 0 Å². The molecule has 0 spiro atoms. The number of ether oxygens (including phenoxy) is 1. The molecule has 0 amide bonds. The highest BCUT2D eigenvalue weighted by Gasteiger charge is 1.96. The summed E-state index contributed by atoms with van der Waals surface area (Å²) in [5.41, 5.74) is 0.668. The lowest BCUT2D eigenvalue weighted by Crippen LogP contribution is -2.01. The summed E-state index contributed by atoms with van der Waals surface area (Å²) in [6.07, 6.45) is 1.06. The molecule has 0 N–H and O–H groups in total. The quantitative estimate of drug-likeness (QED) is 0.766. The van der Waals surface area contributed by atoms with Gasteiger partial charge in [-0.15, -0.1) is 0 Å². The molecule has 2 heteroatoms. The summed E-state index contributed by atoms with van der Waals surface area (Å²) < 4.78 is 5.51. The molecule has 0 heterocycles. The normalized spacial score (nSPS) is 9.00. The van der Waals surface area contributed by atoms with Crippen molar-refractivity contribution in [2.24, 2.45) is 5.92 Å². The van der Waals surface area contributed by atoms with Crippen molar-refractivity contribution in [3.8, 4) is 11.8 Å². The molecule has 0 saturated carbocycles. The second-order valence-corrected chi connectivity index (χ2v) is 3.67. The first-order valence-corrected chi connectivity index (χ1v) is 5.85. The molecule has 0 radical (unpaired) electrons. The molecule has 0 saturated heterocycles. The lowest BCUT2D eigenvalue weighted by Gasteiger charge is -2.07. The Morgan fingerprint density at radius 2 is 1.75 bits per heavy atom. The Balaban J connectivity index is 0.00000106. The topological polar surface area (TPSA) is 33.0 Å². The minimum atomic E-state index is 0.661. The highest BCUT2D eigenvalue weighted by atomic mass is 16.5. The molecule has 2 nitrogen and oxygen atoms in total. The van der Waals surface area contributed by atoms with E-state index in [0.29, 0.717) is 11.5 Å². The molecule has 1 rings (SSSR count). The van der Waals surface area contributed by atoms with Crippen molar-refractivity contribution in [3.05, 3.63) is 29.8 Å². The molecule has 1 aromatic carbocycles. The molecule has 1 aromatic rings. The summed E-state index contributed by atoms with van der Waals surface area (Å²) in [4.78, 5) is 0. The molecular formula is C14H21NO. The van der Waals surface area contributed by atoms with Crippen LogP contribution in [0, 0.1) is 17.2 Å². The third-order valence-corrected chi connectivity index (χ3v) is 1.95. The Hall–Kier alpha value is -1.49. The van der Waals surface area contributed by atoms with Crippen LogP contribution in [0.15, 0.2) is 24.3 Å². The van der Waals surface area contributed by atoms with E-state index in [1.165, 1.54) is 0 Å². The fourth-order valence-corrected chi connectivity index (χ4v) is 1.04. The van der Waals surface area contributed by atoms with Crippen LogP contribution in [0.4, 0.5) is 0 Å². The molecular weight excluding hydrogens is 198 g/mol. The second-order valence-electron chi connectivity index (χ2n) is 3.67. The van der Waals surface area contributed by atoms with Gasteiger partial charge in [0.05, 0.1) is 18.2 Å². The van der Waals surface area contributed by atoms with Crippen LogP contribution >= 0.6 is 0 Å². The van der Waals surface area contributed by atoms with Crippen LogP contribution in [0.3, 0.4) is 0 Å². The zero-order valence-electron chi connectivity index (χ0n) is 10.7. The Morgan fingerprint density at radius 3 is 2.19 bits per heavy atom. The maximum Gasteiger partial charge on any atom is 0.119 e. The van der Waals surface area contributed by atoms with Crippen LogP contribution in [0.25, 0.3) is 0 Å². The van der Waals surface area contributed by atoms with Crippen molar-refractivity contribution in [2.75, 3.05) is 6.61 Å². The first-order chi connectivity index (χ1) is 7.72. The van der Waals surface area contributed by atoms with Crippen molar-refractivity contribution < 1.29 is 4.74 Å². The van der Waals surface area contributed by atoms with Crippen molar-refractivity contribution in [1.82, 2.24) is 0 Å². The maximum atomic E-state index is 8.59. The van der Waals surface area contributed by atoms with Crippen LogP contribution in [0.2, 0.25) is 0 Å². The van der Waals surface area contributed by atoms with Gasteiger partial charge in [0.15, 0.2) is 0 Å². The van der Waals surface area contributed by atoms with Crippen molar-refractivity contribution in [1.29, 1.82) is 5.26 Å². The molecule has 16 heavy (non-hydrogen) atoms. The van der Waals surface area contributed by atoms with E-state index in [-0.39, 0.29) is 0 Å². The molecule has 0 aliphatic heterocycles. The number of nitriles is 1. The fourth-order valence-electron chi connectivity index (χ4n) is 1.04. The first kappa shape index (κ1) is 14.5. The maximum absolute atomic E-state index is 8.59. The van der Waals surface area contributed by atoms with Crippen molar-refractivity contribution in [2.45, 2.75) is 34.1 Å². The highest BCUT2D eigenvalue weighted by Crippen LogP contribution is 2.12. The average Bonchev–Trinajstić information content (AvgIpc) is 2.32. The number of nitrogens with zero attached hydrogens (tertiary/aromatic N) is 1. The summed E-state index contributed by atoms with van der Waals surface area (Å²) in [5, 5.41) is 8.59. The molecule has 0 atom stereocenters. The van der Waals surface area contributed by atoms with E-state index >= 15 is 0 Å². The Labute approximate surface area is 98.9 Å². The predicted molar refractivity (Wildman–Crippen MR) is 67.5 cm³/mol. The van der Waals surface area contributed by atoms with E-state index in [4.69, 9.17) is 10.00 Å². The number of hydrogen-bond donors (Lipinski definition) is 0. The molecule has 0 fully saturated rings. The van der Waals surface area contributed by atoms with Gasteiger partial charge in [0.1, 0.15) is 5.75 Å². The summed E-state index contributed by atoms with van der Waals surface area (Å²) in [5.74, 6) is 1.50. The highest BCUT2D eigenvalue weighted by molar-refractivity contribution is 5.34. The van der Waals surface area contributed by atoms with Crippen LogP contribution in [-0.4, -0.2) is 6.61 Å². The number of benzene rings is 1. The Kier molecular flexibility index (Phi) is 7.97. The summed E-state index contributed by atoms with van der Waals surface area (Å²) in [6.45, 7) is 9.08. The van der Waals surface area contributed by atoms with Gasteiger partial charge in [-0.3, -0.25) is 0 Å². The Morgan fingerprint density at radius 1 is 1.19 bits per heavy atom. The summed E-state index contributed by atoms with van der Waals surface area (Å²) >= 11 is 0. The van der Waals surface area contributed by atoms with Crippen LogP contribution in [-0.2, 0) is 0 Å². The predicted octanol–water partition coefficient (Wildman–Crippen LogP) is 4.01. The van der Waals surface area contributed by atoms with E-state index in [1.54, 1.807) is 12.1 Å². The molecule has 88 valence electrons. The zero-order valence-corrected chi connectivity index (χ0v) is 10.7. The molecule has 0 bridgehead atoms. The zero-order chi connectivity index (χ0) is 12.4. The van der Waals surface area contributed by atoms with Gasteiger partial charge in [-0.05, 0) is 36.6 Å². The monoisotopic (exact) mass is 219 g/mol. The lowest BCUT2D eigenvalue weighted by atomic mass is 10.1. The van der Waals surface area contributed by atoms with Gasteiger partial charge in [0, 0.05) is 0 Å². The van der Waals surface area contributed by atoms with Gasteiger partial charge in [-0.25, -0.2) is 0 Å². The third kappa shape index (κ3) is 6.08. The molecule has 0 aromatic heterocycles. The van der Waals surface area contributed by atoms with Crippen molar-refractivity contribution in [3.63, 3.8) is 0 Å². The summed E-state index contributed by atoms with van der Waals surface area (Å²) in [6, 6.07) is 9.27. The second kappa shape index (κ2) is 8.79. The van der Waals surface area contributed by atoms with E-state index in [0.717, 1.165) is 18.8 Å². The van der Waals surface area contributed by atoms with Crippen LogP contribution in [0.1, 0.15) is 39.7 Å². The van der Waals surface area contributed by atoms with Crippen LogP contribution in [0.5, 0.6) is 5.75 Å². The Bertz CT molecular complexity index is 309. The van der Waals surface area contributed by atoms with Gasteiger partial charge in [0.25, 0.3) is 0 Å². The van der Waals surface area contributed by atoms with E-state index in [2.05, 4.69) is 19.9 Å². The first-order valence-electron chi connectivity index (χ1n) is 5.85. The number of hydrogen-bond acceptors (Lipinski definition) is 2. The van der Waals surface area contributed by atoms with Gasteiger partial charge < -0.3 is 4.74 Å². The van der Waals surface area contributed by atoms with Crippen LogP contribution < -0.4 is 4.74 Å². The standard InChI is InChI=1S/C12H15NO.C2H6/c1-10(2)7-8-14-12-5-3-11(9-13)4-6-12;1-2/h3-6,10H,7-8H2,1-2H3;1-2H3. The largest absolute Gasteiger partial charge is 0.494 e. The molecule has 0 unspecified atom stereocenters. The minimum Gasteiger partial charge on any atom is -0.494 e. The smallest absolute Gasteiger partial charge is 0.119 e. The SMILES string of the molecule is CC.CC(C)CCOc1ccc(C#N)cc1. The fraction of sp³-hybridized carbons (Fsp3) is 0.500. The molecule has 0 aliphatic carbocycles. The minimum absolute atomic E-state index is 0.661. The average molecular weight is 219 g/mol.